The summed E-state index contributed by atoms with van der Waals surface area (Å²) in [7, 11) is 0. The molecule has 2 heterocycles. The second-order valence-corrected chi connectivity index (χ2v) is 3.23. The molecule has 0 radical (unpaired) electrons. The molecule has 0 bridgehead atoms. The van der Waals surface area contributed by atoms with E-state index < -0.39 is 5.63 Å². The van der Waals surface area contributed by atoms with Gasteiger partial charge in [0.15, 0.2) is 0 Å². The molecule has 2 aromatic rings. The van der Waals surface area contributed by atoms with Crippen LogP contribution in [0, 0.1) is 4.91 Å². The lowest BCUT2D eigenvalue weighted by molar-refractivity contribution is 0.394. The molecule has 0 saturated heterocycles. The average molecular weight is 196 g/mol. The molecule has 0 aliphatic heterocycles. The van der Waals surface area contributed by atoms with Crippen molar-refractivity contribution in [2.45, 2.75) is 0 Å². The fourth-order valence-electron chi connectivity index (χ4n) is 0.967. The second-order valence-electron chi connectivity index (χ2n) is 2.28. The van der Waals surface area contributed by atoms with E-state index in [1.54, 1.807) is 12.1 Å². The first kappa shape index (κ1) is 7.93. The third-order valence-corrected chi connectivity index (χ3v) is 2.42. The molecule has 2 aromatic heterocycles. The maximum atomic E-state index is 10.9. The van der Waals surface area contributed by atoms with Crippen LogP contribution in [0.15, 0.2) is 32.0 Å². The third-order valence-electron chi connectivity index (χ3n) is 1.53. The van der Waals surface area contributed by atoms with Gasteiger partial charge in [-0.2, -0.15) is 0 Å². The maximum absolute atomic E-state index is 10.9. The SMILES string of the molecule is O=Nc1c(-c2cccs2)[nH]oc1=O. The van der Waals surface area contributed by atoms with Crippen molar-refractivity contribution in [2.75, 3.05) is 0 Å². The van der Waals surface area contributed by atoms with Gasteiger partial charge < -0.3 is 4.52 Å². The quantitative estimate of drug-likeness (QED) is 0.747. The van der Waals surface area contributed by atoms with Crippen LogP contribution in [0.5, 0.6) is 0 Å². The van der Waals surface area contributed by atoms with Gasteiger partial charge in [0.05, 0.1) is 4.88 Å². The molecule has 0 aromatic carbocycles. The highest BCUT2D eigenvalue weighted by atomic mass is 32.1. The minimum atomic E-state index is -0.738. The molecule has 0 aliphatic rings. The summed E-state index contributed by atoms with van der Waals surface area (Å²) < 4.78 is 4.44. The van der Waals surface area contributed by atoms with Crippen LogP contribution in [0.2, 0.25) is 0 Å². The number of rotatable bonds is 2. The van der Waals surface area contributed by atoms with Gasteiger partial charge in [-0.05, 0) is 16.6 Å². The molecule has 0 atom stereocenters. The smallest absolute Gasteiger partial charge is 0.336 e. The Morgan fingerprint density at radius 1 is 1.54 bits per heavy atom. The predicted octanol–water partition coefficient (Wildman–Crippen LogP) is 2.09. The van der Waals surface area contributed by atoms with Gasteiger partial charge in [-0.1, -0.05) is 6.07 Å². The number of nitrogens with one attached hydrogen (secondary N) is 1. The van der Waals surface area contributed by atoms with Crippen molar-refractivity contribution >= 4 is 17.0 Å². The summed E-state index contributed by atoms with van der Waals surface area (Å²) in [5, 5.41) is 6.79. The summed E-state index contributed by atoms with van der Waals surface area (Å²) in [4.78, 5) is 21.9. The molecule has 0 amide bonds. The topological polar surface area (TPSA) is 75.4 Å². The van der Waals surface area contributed by atoms with E-state index in [9.17, 15) is 9.70 Å². The average Bonchev–Trinajstić information content (AvgIpc) is 2.71. The van der Waals surface area contributed by atoms with Crippen molar-refractivity contribution in [2.24, 2.45) is 5.18 Å². The molecule has 0 unspecified atom stereocenters. The molecule has 0 spiro atoms. The third kappa shape index (κ3) is 1.20. The number of hydrogen-bond acceptors (Lipinski definition) is 5. The van der Waals surface area contributed by atoms with Gasteiger partial charge in [-0.25, -0.2) is 9.95 Å². The number of nitrogens with zero attached hydrogens (tertiary/aromatic N) is 1. The number of hydrogen-bond donors (Lipinski definition) is 1. The molecule has 5 nitrogen and oxygen atoms in total. The summed E-state index contributed by atoms with van der Waals surface area (Å²) in [6.45, 7) is 0. The second kappa shape index (κ2) is 2.98. The van der Waals surface area contributed by atoms with Crippen LogP contribution in [-0.2, 0) is 0 Å². The minimum absolute atomic E-state index is 0.206. The van der Waals surface area contributed by atoms with Crippen LogP contribution >= 0.6 is 11.3 Å². The van der Waals surface area contributed by atoms with Crippen molar-refractivity contribution in [1.82, 2.24) is 5.16 Å². The van der Waals surface area contributed by atoms with Gasteiger partial charge in [0, 0.05) is 0 Å². The lowest BCUT2D eigenvalue weighted by atomic mass is 10.3. The summed E-state index contributed by atoms with van der Waals surface area (Å²) in [5.74, 6) is 0. The summed E-state index contributed by atoms with van der Waals surface area (Å²) >= 11 is 1.39. The molecular weight excluding hydrogens is 192 g/mol. The minimum Gasteiger partial charge on any atom is -0.336 e. The van der Waals surface area contributed by atoms with Gasteiger partial charge in [0.2, 0.25) is 5.69 Å². The normalized spacial score (nSPS) is 10.2. The van der Waals surface area contributed by atoms with Crippen LogP contribution in [0.3, 0.4) is 0 Å². The summed E-state index contributed by atoms with van der Waals surface area (Å²) in [6, 6.07) is 3.57. The van der Waals surface area contributed by atoms with E-state index in [2.05, 4.69) is 14.9 Å². The highest BCUT2D eigenvalue weighted by molar-refractivity contribution is 7.13. The zero-order valence-corrected chi connectivity index (χ0v) is 7.13. The van der Waals surface area contributed by atoms with Crippen molar-refractivity contribution in [3.8, 4) is 10.6 Å². The Balaban J connectivity index is 2.65. The van der Waals surface area contributed by atoms with E-state index in [-0.39, 0.29) is 5.69 Å². The Morgan fingerprint density at radius 2 is 2.38 bits per heavy atom. The molecule has 0 aliphatic carbocycles. The Bertz CT molecular complexity index is 468. The standard InChI is InChI=1S/C7H4N2O3S/c10-7-6(8-11)5(9-12-7)4-2-1-3-13-4/h1-3,9H. The van der Waals surface area contributed by atoms with Crippen molar-refractivity contribution in [3.63, 3.8) is 0 Å². The van der Waals surface area contributed by atoms with Crippen LogP contribution in [0.25, 0.3) is 10.6 Å². The predicted molar refractivity (Wildman–Crippen MR) is 48.1 cm³/mol. The Kier molecular flexibility index (Phi) is 1.82. The number of nitroso groups, excluding NO2 is 1. The summed E-state index contributed by atoms with van der Waals surface area (Å²) in [6.07, 6.45) is 0. The van der Waals surface area contributed by atoms with Crippen LogP contribution in [0.4, 0.5) is 5.69 Å². The van der Waals surface area contributed by atoms with E-state index in [0.717, 1.165) is 4.88 Å². The van der Waals surface area contributed by atoms with E-state index in [4.69, 9.17) is 0 Å². The molecule has 6 heteroatoms. The Hall–Kier alpha value is -1.69. The van der Waals surface area contributed by atoms with Crippen molar-refractivity contribution in [1.29, 1.82) is 0 Å². The van der Waals surface area contributed by atoms with E-state index in [1.807, 2.05) is 5.38 Å². The fraction of sp³-hybridized carbons (Fsp3) is 0. The van der Waals surface area contributed by atoms with Crippen LogP contribution in [0.1, 0.15) is 0 Å². The zero-order chi connectivity index (χ0) is 9.26. The zero-order valence-electron chi connectivity index (χ0n) is 6.31. The fourth-order valence-corrected chi connectivity index (χ4v) is 1.68. The van der Waals surface area contributed by atoms with Crippen LogP contribution in [-0.4, -0.2) is 5.16 Å². The van der Waals surface area contributed by atoms with Crippen molar-refractivity contribution in [3.05, 3.63) is 32.8 Å². The highest BCUT2D eigenvalue weighted by Gasteiger charge is 2.14. The van der Waals surface area contributed by atoms with E-state index >= 15 is 0 Å². The van der Waals surface area contributed by atoms with Crippen molar-refractivity contribution < 1.29 is 4.52 Å². The first-order valence-corrected chi connectivity index (χ1v) is 4.29. The molecular formula is C7H4N2O3S. The van der Waals surface area contributed by atoms with Gasteiger partial charge in [0.1, 0.15) is 5.69 Å². The molecule has 2 rings (SSSR count). The molecule has 0 saturated carbocycles. The first-order valence-electron chi connectivity index (χ1n) is 3.41. The number of thiophene rings is 1. The molecule has 13 heavy (non-hydrogen) atoms. The monoisotopic (exact) mass is 196 g/mol. The van der Waals surface area contributed by atoms with Gasteiger partial charge >= 0.3 is 5.63 Å². The largest absolute Gasteiger partial charge is 0.387 e. The van der Waals surface area contributed by atoms with Gasteiger partial charge in [0.25, 0.3) is 0 Å². The number of aromatic amines is 1. The first-order chi connectivity index (χ1) is 6.33. The molecule has 1 N–H and O–H groups in total. The molecule has 0 fully saturated rings. The Labute approximate surface area is 76.0 Å². The number of H-pyrrole nitrogens is 1. The van der Waals surface area contributed by atoms with E-state index in [0.29, 0.717) is 5.69 Å². The van der Waals surface area contributed by atoms with E-state index in [1.165, 1.54) is 11.3 Å². The van der Waals surface area contributed by atoms with Crippen LogP contribution < -0.4 is 5.63 Å². The van der Waals surface area contributed by atoms with Gasteiger partial charge in [-0.3, -0.25) is 0 Å². The maximum Gasteiger partial charge on any atom is 0.387 e. The Morgan fingerprint density at radius 3 is 3.00 bits per heavy atom. The molecule has 66 valence electrons. The lowest BCUT2D eigenvalue weighted by Gasteiger charge is -1.87. The number of aromatic nitrogens is 1. The lowest BCUT2D eigenvalue weighted by Crippen LogP contribution is -1.89. The summed E-state index contributed by atoms with van der Waals surface area (Å²) in [5.41, 5.74) is -0.601. The highest BCUT2D eigenvalue weighted by Crippen LogP contribution is 2.28. The van der Waals surface area contributed by atoms with Gasteiger partial charge in [-0.15, -0.1) is 16.2 Å².